The molecular formula is C23H18N2O2. The maximum atomic E-state index is 13.8. The number of H-pyrrole nitrogens is 1. The van der Waals surface area contributed by atoms with Crippen molar-refractivity contribution in [2.75, 3.05) is 5.06 Å². The Morgan fingerprint density at radius 1 is 0.963 bits per heavy atom. The molecule has 3 aromatic carbocycles. The van der Waals surface area contributed by atoms with E-state index < -0.39 is 5.54 Å². The molecule has 1 aliphatic heterocycles. The number of nitrogens with zero attached hydrogens (tertiary/aromatic N) is 1. The van der Waals surface area contributed by atoms with Gasteiger partial charge in [0.25, 0.3) is 0 Å². The number of hydroxylamine groups is 1. The average molecular weight is 354 g/mol. The summed E-state index contributed by atoms with van der Waals surface area (Å²) in [5.41, 5.74) is 3.17. The first kappa shape index (κ1) is 15.9. The number of benzene rings is 3. The van der Waals surface area contributed by atoms with E-state index in [1.54, 1.807) is 12.1 Å². The molecule has 132 valence electrons. The molecule has 4 nitrogen and oxygen atoms in total. The van der Waals surface area contributed by atoms with Crippen LogP contribution in [0.3, 0.4) is 0 Å². The van der Waals surface area contributed by atoms with Crippen LogP contribution in [0.1, 0.15) is 27.0 Å². The lowest BCUT2D eigenvalue weighted by atomic mass is 9.79. The molecule has 1 aliphatic rings. The minimum absolute atomic E-state index is 0.129. The monoisotopic (exact) mass is 354 g/mol. The van der Waals surface area contributed by atoms with Crippen LogP contribution in [0.2, 0.25) is 0 Å². The zero-order chi connectivity index (χ0) is 18.6. The van der Waals surface area contributed by atoms with Crippen LogP contribution in [0.25, 0.3) is 10.9 Å². The number of carbonyl (C=O) groups excluding carboxylic acids is 1. The Hall–Kier alpha value is -3.37. The SMILES string of the molecule is Cc1cccc([C@]2(c3c[nH]c4ccccc34)C(=O)c3ccccc3N2O)c1. The number of fused-ring (bicyclic) bond motifs is 2. The summed E-state index contributed by atoms with van der Waals surface area (Å²) in [6.07, 6.45) is 1.83. The number of nitrogens with one attached hydrogen (secondary N) is 1. The molecule has 2 N–H and O–H groups in total. The third kappa shape index (κ3) is 1.99. The number of para-hydroxylation sites is 2. The number of rotatable bonds is 2. The van der Waals surface area contributed by atoms with Crippen LogP contribution < -0.4 is 5.06 Å². The minimum atomic E-state index is -1.32. The summed E-state index contributed by atoms with van der Waals surface area (Å²) in [5.74, 6) is -0.129. The standard InChI is InChI=1S/C23H18N2O2/c1-15-7-6-8-16(13-15)23(19-14-24-20-11-4-2-9-17(19)20)22(26)18-10-3-5-12-21(18)25(23)27/h2-14,24,27H,1H3/t23-/m0/s1. The number of aromatic amines is 1. The van der Waals surface area contributed by atoms with Gasteiger partial charge in [-0.3, -0.25) is 10.0 Å². The Kier molecular flexibility index (Phi) is 3.27. The Bertz CT molecular complexity index is 1190. The lowest BCUT2D eigenvalue weighted by Crippen LogP contribution is -2.47. The predicted octanol–water partition coefficient (Wildman–Crippen LogP) is 4.81. The van der Waals surface area contributed by atoms with Gasteiger partial charge in [-0.05, 0) is 30.7 Å². The van der Waals surface area contributed by atoms with E-state index in [0.29, 0.717) is 11.3 Å². The largest absolute Gasteiger partial charge is 0.361 e. The van der Waals surface area contributed by atoms with Crippen LogP contribution in [-0.4, -0.2) is 16.0 Å². The maximum Gasteiger partial charge on any atom is 0.202 e. The van der Waals surface area contributed by atoms with E-state index >= 15 is 0 Å². The topological polar surface area (TPSA) is 56.3 Å². The molecule has 0 fully saturated rings. The summed E-state index contributed by atoms with van der Waals surface area (Å²) in [5, 5.41) is 13.4. The van der Waals surface area contributed by atoms with Crippen LogP contribution in [-0.2, 0) is 5.54 Å². The van der Waals surface area contributed by atoms with E-state index in [1.165, 1.54) is 0 Å². The zero-order valence-corrected chi connectivity index (χ0v) is 14.8. The Balaban J connectivity index is 1.90. The summed E-state index contributed by atoms with van der Waals surface area (Å²) < 4.78 is 0. The van der Waals surface area contributed by atoms with Crippen molar-refractivity contribution in [1.82, 2.24) is 4.98 Å². The molecule has 0 saturated carbocycles. The molecule has 2 heterocycles. The number of hydrogen-bond acceptors (Lipinski definition) is 3. The third-order valence-corrected chi connectivity index (χ3v) is 5.44. The number of ketones is 1. The molecule has 0 saturated heterocycles. The van der Waals surface area contributed by atoms with E-state index in [1.807, 2.05) is 73.8 Å². The normalized spacial score (nSPS) is 18.9. The quantitative estimate of drug-likeness (QED) is 0.543. The second kappa shape index (κ2) is 5.56. The fourth-order valence-electron chi connectivity index (χ4n) is 4.21. The first-order valence-electron chi connectivity index (χ1n) is 8.90. The lowest BCUT2D eigenvalue weighted by molar-refractivity contribution is 0.0846. The summed E-state index contributed by atoms with van der Waals surface area (Å²) in [7, 11) is 0. The van der Waals surface area contributed by atoms with Gasteiger partial charge in [0.2, 0.25) is 5.78 Å². The smallest absolute Gasteiger partial charge is 0.202 e. The summed E-state index contributed by atoms with van der Waals surface area (Å²) in [6.45, 7) is 1.99. The molecule has 4 heteroatoms. The van der Waals surface area contributed by atoms with Crippen molar-refractivity contribution in [3.63, 3.8) is 0 Å². The molecule has 0 aliphatic carbocycles. The number of anilines is 1. The highest BCUT2D eigenvalue weighted by Crippen LogP contribution is 2.49. The number of Topliss-reactive ketones (excluding diaryl/α,β-unsaturated/α-hetero) is 1. The van der Waals surface area contributed by atoms with Gasteiger partial charge in [-0.1, -0.05) is 60.2 Å². The first-order valence-corrected chi connectivity index (χ1v) is 8.90. The molecule has 5 rings (SSSR count). The van der Waals surface area contributed by atoms with Gasteiger partial charge in [0.15, 0.2) is 5.54 Å². The van der Waals surface area contributed by atoms with E-state index in [0.717, 1.165) is 32.7 Å². The third-order valence-electron chi connectivity index (χ3n) is 5.44. The van der Waals surface area contributed by atoms with Crippen molar-refractivity contribution in [1.29, 1.82) is 0 Å². The van der Waals surface area contributed by atoms with E-state index in [9.17, 15) is 10.0 Å². The van der Waals surface area contributed by atoms with E-state index in [-0.39, 0.29) is 5.78 Å². The van der Waals surface area contributed by atoms with Crippen molar-refractivity contribution >= 4 is 22.4 Å². The predicted molar refractivity (Wildman–Crippen MR) is 105 cm³/mol. The van der Waals surface area contributed by atoms with Gasteiger partial charge in [0, 0.05) is 28.2 Å². The molecular weight excluding hydrogens is 336 g/mol. The first-order chi connectivity index (χ1) is 13.1. The van der Waals surface area contributed by atoms with Crippen molar-refractivity contribution in [3.05, 3.63) is 101 Å². The molecule has 0 spiro atoms. The molecule has 0 unspecified atom stereocenters. The Morgan fingerprint density at radius 3 is 2.56 bits per heavy atom. The van der Waals surface area contributed by atoms with Gasteiger partial charge in [0.1, 0.15) is 0 Å². The molecule has 1 atom stereocenters. The highest BCUT2D eigenvalue weighted by molar-refractivity contribution is 6.17. The zero-order valence-electron chi connectivity index (χ0n) is 14.8. The summed E-state index contributed by atoms with van der Waals surface area (Å²) in [6, 6.07) is 22.8. The number of aromatic nitrogens is 1. The van der Waals surface area contributed by atoms with Gasteiger partial charge >= 0.3 is 0 Å². The van der Waals surface area contributed by atoms with E-state index in [4.69, 9.17) is 0 Å². The van der Waals surface area contributed by atoms with Crippen molar-refractivity contribution < 1.29 is 10.0 Å². The highest BCUT2D eigenvalue weighted by Gasteiger charge is 2.55. The second-order valence-corrected chi connectivity index (χ2v) is 6.99. The minimum Gasteiger partial charge on any atom is -0.361 e. The highest BCUT2D eigenvalue weighted by atomic mass is 16.5. The van der Waals surface area contributed by atoms with E-state index in [2.05, 4.69) is 4.98 Å². The van der Waals surface area contributed by atoms with Crippen LogP contribution in [0.15, 0.2) is 79.0 Å². The van der Waals surface area contributed by atoms with Gasteiger partial charge < -0.3 is 4.98 Å². The molecule has 0 radical (unpaired) electrons. The lowest BCUT2D eigenvalue weighted by Gasteiger charge is -2.35. The van der Waals surface area contributed by atoms with Crippen LogP contribution in [0.4, 0.5) is 5.69 Å². The van der Waals surface area contributed by atoms with Crippen molar-refractivity contribution in [2.45, 2.75) is 12.5 Å². The summed E-state index contributed by atoms with van der Waals surface area (Å²) >= 11 is 0. The molecule has 0 amide bonds. The van der Waals surface area contributed by atoms with Gasteiger partial charge in [-0.15, -0.1) is 0 Å². The van der Waals surface area contributed by atoms with Crippen molar-refractivity contribution in [3.8, 4) is 0 Å². The second-order valence-electron chi connectivity index (χ2n) is 6.99. The number of carbonyl (C=O) groups is 1. The van der Waals surface area contributed by atoms with Crippen LogP contribution in [0.5, 0.6) is 0 Å². The Morgan fingerprint density at radius 2 is 1.74 bits per heavy atom. The fraction of sp³-hybridized carbons (Fsp3) is 0.0870. The summed E-state index contributed by atoms with van der Waals surface area (Å²) in [4.78, 5) is 17.0. The van der Waals surface area contributed by atoms with Crippen molar-refractivity contribution in [2.24, 2.45) is 0 Å². The molecule has 4 aromatic rings. The number of hydrogen-bond donors (Lipinski definition) is 2. The molecule has 1 aromatic heterocycles. The number of aryl methyl sites for hydroxylation is 1. The Labute approximate surface area is 156 Å². The molecule has 0 bridgehead atoms. The van der Waals surface area contributed by atoms with Gasteiger partial charge in [-0.25, -0.2) is 5.06 Å². The average Bonchev–Trinajstić information content (AvgIpc) is 3.21. The van der Waals surface area contributed by atoms with Crippen LogP contribution in [0, 0.1) is 6.92 Å². The molecule has 27 heavy (non-hydrogen) atoms. The van der Waals surface area contributed by atoms with Crippen LogP contribution >= 0.6 is 0 Å². The van der Waals surface area contributed by atoms with Gasteiger partial charge in [0.05, 0.1) is 5.69 Å². The van der Waals surface area contributed by atoms with Gasteiger partial charge in [-0.2, -0.15) is 0 Å². The fourth-order valence-corrected chi connectivity index (χ4v) is 4.21. The maximum absolute atomic E-state index is 13.8.